The second-order valence-corrected chi connectivity index (χ2v) is 6.53. The summed E-state index contributed by atoms with van der Waals surface area (Å²) in [6.07, 6.45) is 3.94. The van der Waals surface area contributed by atoms with E-state index in [1.54, 1.807) is 0 Å². The Morgan fingerprint density at radius 2 is 1.63 bits per heavy atom. The van der Waals surface area contributed by atoms with Gasteiger partial charge < -0.3 is 10.6 Å². The van der Waals surface area contributed by atoms with Crippen LogP contribution in [0.4, 0.5) is 5.69 Å². The molecular formula is C16H24N2S. The highest BCUT2D eigenvalue weighted by Gasteiger charge is 2.26. The Morgan fingerprint density at radius 1 is 1.11 bits per heavy atom. The van der Waals surface area contributed by atoms with Gasteiger partial charge in [-0.05, 0) is 55.4 Å². The van der Waals surface area contributed by atoms with Crippen LogP contribution in [-0.2, 0) is 0 Å². The summed E-state index contributed by atoms with van der Waals surface area (Å²) in [6, 6.07) is 8.93. The first-order chi connectivity index (χ1) is 8.97. The van der Waals surface area contributed by atoms with Crippen LogP contribution in [0.1, 0.15) is 38.7 Å². The minimum Gasteiger partial charge on any atom is -0.389 e. The van der Waals surface area contributed by atoms with Crippen molar-refractivity contribution in [2.24, 2.45) is 17.6 Å². The summed E-state index contributed by atoms with van der Waals surface area (Å²) in [5, 5.41) is 0. The largest absolute Gasteiger partial charge is 0.389 e. The molecule has 1 aromatic rings. The lowest BCUT2D eigenvalue weighted by Crippen LogP contribution is -2.38. The number of thiocarbonyl (C=S) groups is 1. The molecular weight excluding hydrogens is 252 g/mol. The maximum Gasteiger partial charge on any atom is 0.103 e. The van der Waals surface area contributed by atoms with E-state index in [1.807, 2.05) is 12.1 Å². The monoisotopic (exact) mass is 276 g/mol. The highest BCUT2D eigenvalue weighted by Crippen LogP contribution is 2.33. The highest BCUT2D eigenvalue weighted by molar-refractivity contribution is 7.80. The number of hydrogen-bond donors (Lipinski definition) is 1. The summed E-state index contributed by atoms with van der Waals surface area (Å²) < 4.78 is 0. The summed E-state index contributed by atoms with van der Waals surface area (Å²) in [5.41, 5.74) is 7.83. The third kappa shape index (κ3) is 3.47. The van der Waals surface area contributed by atoms with Crippen molar-refractivity contribution < 1.29 is 0 Å². The van der Waals surface area contributed by atoms with Gasteiger partial charge in [-0.1, -0.05) is 26.1 Å². The fourth-order valence-corrected chi connectivity index (χ4v) is 3.43. The van der Waals surface area contributed by atoms with E-state index in [1.165, 1.54) is 24.9 Å². The lowest BCUT2D eigenvalue weighted by molar-refractivity contribution is 0.264. The lowest BCUT2D eigenvalue weighted by Gasteiger charge is -2.38. The zero-order chi connectivity index (χ0) is 14.0. The van der Waals surface area contributed by atoms with E-state index in [4.69, 9.17) is 18.0 Å². The molecule has 2 nitrogen and oxygen atoms in total. The Morgan fingerprint density at radius 3 is 2.11 bits per heavy atom. The molecule has 1 saturated carbocycles. The molecule has 0 saturated heterocycles. The van der Waals surface area contributed by atoms with Gasteiger partial charge >= 0.3 is 0 Å². The van der Waals surface area contributed by atoms with Crippen LogP contribution >= 0.6 is 12.2 Å². The fourth-order valence-electron chi connectivity index (χ4n) is 3.29. The van der Waals surface area contributed by atoms with Crippen molar-refractivity contribution in [3.05, 3.63) is 29.8 Å². The van der Waals surface area contributed by atoms with Gasteiger partial charge in [-0.3, -0.25) is 0 Å². The van der Waals surface area contributed by atoms with Crippen molar-refractivity contribution in [3.8, 4) is 0 Å². The molecule has 0 spiro atoms. The molecule has 2 N–H and O–H groups in total. The minimum atomic E-state index is 0.467. The van der Waals surface area contributed by atoms with Crippen molar-refractivity contribution >= 4 is 22.9 Å². The van der Waals surface area contributed by atoms with E-state index in [9.17, 15) is 0 Å². The van der Waals surface area contributed by atoms with Crippen LogP contribution in [0.2, 0.25) is 0 Å². The van der Waals surface area contributed by atoms with Gasteiger partial charge in [0.1, 0.15) is 4.99 Å². The van der Waals surface area contributed by atoms with Gasteiger partial charge in [0.25, 0.3) is 0 Å². The van der Waals surface area contributed by atoms with Gasteiger partial charge in [0.15, 0.2) is 0 Å². The van der Waals surface area contributed by atoms with Crippen LogP contribution in [0.15, 0.2) is 24.3 Å². The normalized spacial score (nSPS) is 27.0. The maximum absolute atomic E-state index is 5.64. The summed E-state index contributed by atoms with van der Waals surface area (Å²) >= 11 is 4.99. The van der Waals surface area contributed by atoms with Crippen LogP contribution < -0.4 is 10.6 Å². The van der Waals surface area contributed by atoms with Gasteiger partial charge in [0, 0.05) is 24.3 Å². The number of hydrogen-bond acceptors (Lipinski definition) is 2. The Labute approximate surface area is 122 Å². The molecule has 0 amide bonds. The second-order valence-electron chi connectivity index (χ2n) is 6.09. The molecule has 2 unspecified atom stereocenters. The zero-order valence-corrected chi connectivity index (χ0v) is 12.9. The molecule has 0 bridgehead atoms. The van der Waals surface area contributed by atoms with E-state index in [0.717, 1.165) is 17.4 Å². The Balaban J connectivity index is 2.10. The molecule has 1 fully saturated rings. The average molecular weight is 276 g/mol. The zero-order valence-electron chi connectivity index (χ0n) is 12.1. The van der Waals surface area contributed by atoms with E-state index in [0.29, 0.717) is 11.0 Å². The first-order valence-corrected chi connectivity index (χ1v) is 7.51. The standard InChI is InChI=1S/C16H24N2S/c1-11-8-12(2)10-15(9-11)18(3)14-6-4-13(5-7-14)16(17)19/h4-7,11-12,15H,8-10H2,1-3H3,(H2,17,19). The van der Waals surface area contributed by atoms with Gasteiger partial charge in [-0.2, -0.15) is 0 Å². The molecule has 2 atom stereocenters. The SMILES string of the molecule is CC1CC(C)CC(N(C)c2ccc(C(N)=S)cc2)C1. The van der Waals surface area contributed by atoms with Crippen LogP contribution in [0.3, 0.4) is 0 Å². The van der Waals surface area contributed by atoms with Crippen LogP contribution in [0.25, 0.3) is 0 Å². The Bertz CT molecular complexity index is 431. The number of anilines is 1. The topological polar surface area (TPSA) is 29.3 Å². The van der Waals surface area contributed by atoms with E-state index >= 15 is 0 Å². The van der Waals surface area contributed by atoms with Gasteiger partial charge in [0.2, 0.25) is 0 Å². The number of nitrogens with zero attached hydrogens (tertiary/aromatic N) is 1. The quantitative estimate of drug-likeness (QED) is 0.856. The van der Waals surface area contributed by atoms with E-state index in [2.05, 4.69) is 37.9 Å². The van der Waals surface area contributed by atoms with Gasteiger partial charge in [-0.15, -0.1) is 0 Å². The Kier molecular flexibility index (Phi) is 4.46. The summed E-state index contributed by atoms with van der Waals surface area (Å²) in [4.78, 5) is 2.88. The first kappa shape index (κ1) is 14.3. The van der Waals surface area contributed by atoms with Crippen LogP contribution in [-0.4, -0.2) is 18.1 Å². The molecule has 1 aliphatic carbocycles. The van der Waals surface area contributed by atoms with Gasteiger partial charge in [0.05, 0.1) is 0 Å². The number of rotatable bonds is 3. The second kappa shape index (κ2) is 5.91. The summed E-state index contributed by atoms with van der Waals surface area (Å²) in [7, 11) is 2.20. The highest BCUT2D eigenvalue weighted by atomic mass is 32.1. The van der Waals surface area contributed by atoms with Crippen molar-refractivity contribution in [1.82, 2.24) is 0 Å². The van der Waals surface area contributed by atoms with E-state index < -0.39 is 0 Å². The van der Waals surface area contributed by atoms with E-state index in [-0.39, 0.29) is 0 Å². The Hall–Kier alpha value is -1.09. The molecule has 3 heteroatoms. The van der Waals surface area contributed by atoms with Crippen LogP contribution in [0.5, 0.6) is 0 Å². The van der Waals surface area contributed by atoms with Crippen LogP contribution in [0, 0.1) is 11.8 Å². The molecule has 0 heterocycles. The molecule has 104 valence electrons. The average Bonchev–Trinajstić information content (AvgIpc) is 2.37. The number of benzene rings is 1. The molecule has 19 heavy (non-hydrogen) atoms. The van der Waals surface area contributed by atoms with Crippen molar-refractivity contribution in [3.63, 3.8) is 0 Å². The molecule has 0 radical (unpaired) electrons. The van der Waals surface area contributed by atoms with Crippen molar-refractivity contribution in [2.75, 3.05) is 11.9 Å². The molecule has 0 aromatic heterocycles. The minimum absolute atomic E-state index is 0.467. The fraction of sp³-hybridized carbons (Fsp3) is 0.562. The van der Waals surface area contributed by atoms with Gasteiger partial charge in [-0.25, -0.2) is 0 Å². The van der Waals surface area contributed by atoms with Crippen molar-refractivity contribution in [2.45, 2.75) is 39.2 Å². The smallest absolute Gasteiger partial charge is 0.103 e. The maximum atomic E-state index is 5.64. The number of nitrogens with two attached hydrogens (primary N) is 1. The predicted molar refractivity (Wildman–Crippen MR) is 86.7 cm³/mol. The predicted octanol–water partition coefficient (Wildman–Crippen LogP) is 3.58. The third-order valence-electron chi connectivity index (χ3n) is 4.26. The lowest BCUT2D eigenvalue weighted by atomic mass is 9.80. The molecule has 1 aromatic carbocycles. The summed E-state index contributed by atoms with van der Waals surface area (Å²) in [5.74, 6) is 1.65. The molecule has 0 aliphatic heterocycles. The molecule has 2 rings (SSSR count). The third-order valence-corrected chi connectivity index (χ3v) is 4.50. The first-order valence-electron chi connectivity index (χ1n) is 7.10. The molecule has 1 aliphatic rings. The van der Waals surface area contributed by atoms with Crippen molar-refractivity contribution in [1.29, 1.82) is 0 Å². The summed E-state index contributed by atoms with van der Waals surface area (Å²) in [6.45, 7) is 4.74.